The van der Waals surface area contributed by atoms with Crippen LogP contribution in [0.1, 0.15) is 9.67 Å². The summed E-state index contributed by atoms with van der Waals surface area (Å²) in [6.07, 6.45) is 0. The molecule has 0 bridgehead atoms. The number of rotatable bonds is 7. The van der Waals surface area contributed by atoms with Crippen LogP contribution < -0.4 is 9.62 Å². The summed E-state index contributed by atoms with van der Waals surface area (Å²) < 4.78 is 32.4. The van der Waals surface area contributed by atoms with Gasteiger partial charge in [0.1, 0.15) is 16.3 Å². The van der Waals surface area contributed by atoms with Gasteiger partial charge < -0.3 is 10.1 Å². The Balaban J connectivity index is 1.95. The summed E-state index contributed by atoms with van der Waals surface area (Å²) in [6, 6.07) is 15.9. The molecular formula is C20H17ClN2O5S2. The predicted molar refractivity (Wildman–Crippen MR) is 117 cm³/mol. The topological polar surface area (TPSA) is 92.8 Å². The summed E-state index contributed by atoms with van der Waals surface area (Å²) in [6.45, 7) is -0.495. The molecule has 156 valence electrons. The van der Waals surface area contributed by atoms with Crippen molar-refractivity contribution >= 4 is 56.2 Å². The molecule has 0 saturated heterocycles. The summed E-state index contributed by atoms with van der Waals surface area (Å²) >= 11 is 6.80. The van der Waals surface area contributed by atoms with Crippen LogP contribution in [0.25, 0.3) is 0 Å². The highest BCUT2D eigenvalue weighted by Gasteiger charge is 2.32. The number of nitrogens with one attached hydrogen (secondary N) is 1. The van der Waals surface area contributed by atoms with Crippen molar-refractivity contribution in [3.05, 3.63) is 75.9 Å². The number of ether oxygens (including phenoxy) is 1. The fourth-order valence-electron chi connectivity index (χ4n) is 2.63. The van der Waals surface area contributed by atoms with Gasteiger partial charge in [0.25, 0.3) is 10.0 Å². The van der Waals surface area contributed by atoms with Gasteiger partial charge in [-0.3, -0.25) is 9.10 Å². The summed E-state index contributed by atoms with van der Waals surface area (Å²) in [5, 5.41) is 4.63. The average Bonchev–Trinajstić information content (AvgIpc) is 3.24. The molecule has 10 heteroatoms. The number of para-hydroxylation sites is 1. The zero-order valence-electron chi connectivity index (χ0n) is 15.7. The maximum atomic E-state index is 13.4. The molecule has 0 fully saturated rings. The second kappa shape index (κ2) is 9.29. The number of nitrogens with zero attached hydrogens (tertiary/aromatic N) is 1. The molecule has 0 spiro atoms. The minimum Gasteiger partial charge on any atom is -0.465 e. The molecule has 1 N–H and O–H groups in total. The lowest BCUT2D eigenvalue weighted by Crippen LogP contribution is -2.38. The Morgan fingerprint density at radius 1 is 1.07 bits per heavy atom. The van der Waals surface area contributed by atoms with Crippen LogP contribution in [-0.2, 0) is 19.6 Å². The summed E-state index contributed by atoms with van der Waals surface area (Å²) in [5.41, 5.74) is 0.756. The van der Waals surface area contributed by atoms with Gasteiger partial charge in [0.2, 0.25) is 5.91 Å². The van der Waals surface area contributed by atoms with Crippen LogP contribution >= 0.6 is 22.9 Å². The number of benzene rings is 2. The number of hydrogen-bond acceptors (Lipinski definition) is 6. The third-order valence-electron chi connectivity index (χ3n) is 4.03. The highest BCUT2D eigenvalue weighted by molar-refractivity contribution is 7.93. The average molecular weight is 465 g/mol. The number of sulfonamides is 1. The molecule has 0 aliphatic carbocycles. The summed E-state index contributed by atoms with van der Waals surface area (Å²) in [7, 11) is -3.06. The predicted octanol–water partition coefficient (Wildman–Crippen LogP) is 4.02. The Morgan fingerprint density at radius 2 is 1.73 bits per heavy atom. The first-order valence-electron chi connectivity index (χ1n) is 8.62. The van der Waals surface area contributed by atoms with Crippen LogP contribution in [0.15, 0.2) is 70.9 Å². The zero-order valence-corrected chi connectivity index (χ0v) is 18.1. The molecule has 0 aliphatic heterocycles. The van der Waals surface area contributed by atoms with E-state index in [1.54, 1.807) is 54.6 Å². The first-order valence-corrected chi connectivity index (χ1v) is 11.3. The lowest BCUT2D eigenvalue weighted by molar-refractivity contribution is -0.114. The van der Waals surface area contributed by atoms with Crippen molar-refractivity contribution in [3.8, 4) is 0 Å². The van der Waals surface area contributed by atoms with Crippen molar-refractivity contribution in [3.63, 3.8) is 0 Å². The molecule has 3 rings (SSSR count). The van der Waals surface area contributed by atoms with Gasteiger partial charge in [0.05, 0.1) is 12.8 Å². The van der Waals surface area contributed by atoms with Crippen molar-refractivity contribution in [2.45, 2.75) is 4.90 Å². The molecular weight excluding hydrogens is 448 g/mol. The molecule has 1 heterocycles. The Bertz CT molecular complexity index is 1150. The fraction of sp³-hybridized carbons (Fsp3) is 0.100. The normalized spacial score (nSPS) is 11.0. The van der Waals surface area contributed by atoms with Gasteiger partial charge in [-0.05, 0) is 47.8 Å². The van der Waals surface area contributed by atoms with E-state index >= 15 is 0 Å². The molecule has 1 aromatic heterocycles. The number of esters is 1. The standard InChI is InChI=1S/C20H17ClN2O5S2/c1-28-20(25)19-17(11-12-29-19)30(26,27)23(16-5-3-2-4-6-16)13-18(24)22-15-9-7-14(21)8-10-15/h2-12H,13H2,1H3,(H,22,24). The molecule has 3 aromatic rings. The van der Waals surface area contributed by atoms with E-state index in [9.17, 15) is 18.0 Å². The SMILES string of the molecule is COC(=O)c1sccc1S(=O)(=O)N(CC(=O)Nc1ccc(Cl)cc1)c1ccccc1. The first kappa shape index (κ1) is 21.8. The lowest BCUT2D eigenvalue weighted by Gasteiger charge is -2.24. The fourth-order valence-corrected chi connectivity index (χ4v) is 5.49. The molecule has 7 nitrogen and oxygen atoms in total. The molecule has 1 amide bonds. The van der Waals surface area contributed by atoms with E-state index in [0.717, 1.165) is 15.6 Å². The van der Waals surface area contributed by atoms with Crippen molar-refractivity contribution in [1.82, 2.24) is 0 Å². The number of hydrogen-bond donors (Lipinski definition) is 1. The first-order chi connectivity index (χ1) is 14.3. The number of amides is 1. The van der Waals surface area contributed by atoms with E-state index in [4.69, 9.17) is 11.6 Å². The molecule has 0 unspecified atom stereocenters. The van der Waals surface area contributed by atoms with E-state index < -0.39 is 28.4 Å². The van der Waals surface area contributed by atoms with Crippen LogP contribution in [-0.4, -0.2) is 33.9 Å². The Hall–Kier alpha value is -2.88. The third kappa shape index (κ3) is 4.81. The number of anilines is 2. The molecule has 30 heavy (non-hydrogen) atoms. The lowest BCUT2D eigenvalue weighted by atomic mass is 10.3. The van der Waals surface area contributed by atoms with E-state index in [1.165, 1.54) is 18.6 Å². The number of thiophene rings is 1. The van der Waals surface area contributed by atoms with Gasteiger partial charge in [0.15, 0.2) is 0 Å². The number of methoxy groups -OCH3 is 1. The Morgan fingerprint density at radius 3 is 2.37 bits per heavy atom. The minimum absolute atomic E-state index is 0.0588. The van der Waals surface area contributed by atoms with Gasteiger partial charge >= 0.3 is 5.97 Å². The van der Waals surface area contributed by atoms with Gasteiger partial charge in [-0.25, -0.2) is 13.2 Å². The zero-order chi connectivity index (χ0) is 21.7. The van der Waals surface area contributed by atoms with E-state index in [1.807, 2.05) is 0 Å². The summed E-state index contributed by atoms with van der Waals surface area (Å²) in [4.78, 5) is 24.4. The third-order valence-corrected chi connectivity index (χ3v) is 7.12. The molecule has 2 aromatic carbocycles. The van der Waals surface area contributed by atoms with Crippen LogP contribution in [0.2, 0.25) is 5.02 Å². The van der Waals surface area contributed by atoms with Crippen LogP contribution in [0.4, 0.5) is 11.4 Å². The van der Waals surface area contributed by atoms with E-state index in [2.05, 4.69) is 10.1 Å². The van der Waals surface area contributed by atoms with Gasteiger partial charge in [0, 0.05) is 10.7 Å². The van der Waals surface area contributed by atoms with Crippen molar-refractivity contribution in [2.75, 3.05) is 23.3 Å². The second-order valence-corrected chi connectivity index (χ2v) is 9.19. The van der Waals surface area contributed by atoms with Crippen molar-refractivity contribution in [1.29, 1.82) is 0 Å². The van der Waals surface area contributed by atoms with Crippen LogP contribution in [0.3, 0.4) is 0 Å². The van der Waals surface area contributed by atoms with Gasteiger partial charge in [-0.1, -0.05) is 29.8 Å². The number of halogens is 1. The monoisotopic (exact) mass is 464 g/mol. The molecule has 0 aliphatic rings. The molecule has 0 atom stereocenters. The largest absolute Gasteiger partial charge is 0.465 e. The summed E-state index contributed by atoms with van der Waals surface area (Å²) in [5.74, 6) is -1.32. The van der Waals surface area contributed by atoms with Crippen LogP contribution in [0.5, 0.6) is 0 Å². The smallest absolute Gasteiger partial charge is 0.349 e. The van der Waals surface area contributed by atoms with E-state index in [0.29, 0.717) is 10.7 Å². The van der Waals surface area contributed by atoms with Gasteiger partial charge in [-0.2, -0.15) is 0 Å². The Kier molecular flexibility index (Phi) is 6.76. The highest BCUT2D eigenvalue weighted by atomic mass is 35.5. The number of carbonyl (C=O) groups excluding carboxylic acids is 2. The number of carbonyl (C=O) groups is 2. The van der Waals surface area contributed by atoms with Crippen LogP contribution in [0, 0.1) is 0 Å². The maximum absolute atomic E-state index is 13.4. The Labute approximate surface area is 182 Å². The highest BCUT2D eigenvalue weighted by Crippen LogP contribution is 2.29. The quantitative estimate of drug-likeness (QED) is 0.533. The second-order valence-electron chi connectivity index (χ2n) is 6.01. The van der Waals surface area contributed by atoms with Crippen molar-refractivity contribution < 1.29 is 22.7 Å². The maximum Gasteiger partial charge on any atom is 0.349 e. The molecule has 0 radical (unpaired) electrons. The minimum atomic E-state index is -4.23. The molecule has 0 saturated carbocycles. The van der Waals surface area contributed by atoms with Crippen molar-refractivity contribution in [2.24, 2.45) is 0 Å². The van der Waals surface area contributed by atoms with Gasteiger partial charge in [-0.15, -0.1) is 11.3 Å². The van der Waals surface area contributed by atoms with E-state index in [-0.39, 0.29) is 15.5 Å².